The van der Waals surface area contributed by atoms with Gasteiger partial charge in [-0.2, -0.15) is 0 Å². The van der Waals surface area contributed by atoms with Crippen molar-refractivity contribution >= 4 is 9.84 Å². The first-order chi connectivity index (χ1) is 9.42. The Morgan fingerprint density at radius 2 is 2.05 bits per heavy atom. The number of sulfone groups is 1. The van der Waals surface area contributed by atoms with Gasteiger partial charge in [-0.25, -0.2) is 8.42 Å². The smallest absolute Gasteiger partial charge is 0.157 e. The Morgan fingerprint density at radius 1 is 1.30 bits per heavy atom. The van der Waals surface area contributed by atoms with Gasteiger partial charge in [0.15, 0.2) is 9.84 Å². The summed E-state index contributed by atoms with van der Waals surface area (Å²) in [6, 6.07) is 7.76. The van der Waals surface area contributed by atoms with E-state index in [4.69, 9.17) is 5.73 Å². The molecule has 1 aliphatic rings. The highest BCUT2D eigenvalue weighted by Crippen LogP contribution is 2.34. The van der Waals surface area contributed by atoms with E-state index in [9.17, 15) is 8.42 Å². The molecule has 1 aliphatic carbocycles. The number of hydrogen-bond donors (Lipinski definition) is 1. The fourth-order valence-corrected chi connectivity index (χ4v) is 5.56. The van der Waals surface area contributed by atoms with Crippen LogP contribution in [0.5, 0.6) is 0 Å². The summed E-state index contributed by atoms with van der Waals surface area (Å²) in [5.74, 6) is 0.749. The van der Waals surface area contributed by atoms with Crippen molar-refractivity contribution in [1.82, 2.24) is 0 Å². The summed E-state index contributed by atoms with van der Waals surface area (Å²) >= 11 is 0. The molecule has 0 aromatic heterocycles. The lowest BCUT2D eigenvalue weighted by Crippen LogP contribution is -2.39. The van der Waals surface area contributed by atoms with Crippen molar-refractivity contribution in [3.63, 3.8) is 0 Å². The van der Waals surface area contributed by atoms with Crippen molar-refractivity contribution < 1.29 is 8.42 Å². The zero-order chi connectivity index (χ0) is 14.8. The molecule has 1 saturated carbocycles. The van der Waals surface area contributed by atoms with E-state index in [1.54, 1.807) is 0 Å². The van der Waals surface area contributed by atoms with Gasteiger partial charge in [0, 0.05) is 0 Å². The molecule has 4 heteroatoms. The minimum absolute atomic E-state index is 0.126. The first-order valence-electron chi connectivity index (χ1n) is 7.39. The third kappa shape index (κ3) is 3.61. The summed E-state index contributed by atoms with van der Waals surface area (Å²) in [7, 11) is -3.13. The fourth-order valence-electron chi connectivity index (χ4n) is 3.24. The summed E-state index contributed by atoms with van der Waals surface area (Å²) in [6.45, 7) is 4.61. The van der Waals surface area contributed by atoms with Gasteiger partial charge in [-0.1, -0.05) is 43.2 Å². The second-order valence-electron chi connectivity index (χ2n) is 6.25. The molecule has 3 atom stereocenters. The van der Waals surface area contributed by atoms with Crippen LogP contribution in [0.15, 0.2) is 24.3 Å². The molecule has 0 saturated heterocycles. The highest BCUT2D eigenvalue weighted by molar-refractivity contribution is 7.91. The van der Waals surface area contributed by atoms with Crippen molar-refractivity contribution in [3.8, 4) is 0 Å². The monoisotopic (exact) mass is 295 g/mol. The molecule has 0 heterocycles. The summed E-state index contributed by atoms with van der Waals surface area (Å²) in [5, 5.41) is -0.267. The van der Waals surface area contributed by atoms with Gasteiger partial charge in [0.2, 0.25) is 0 Å². The summed E-state index contributed by atoms with van der Waals surface area (Å²) in [6.07, 6.45) is 2.80. The second kappa shape index (κ2) is 6.27. The number of aryl methyl sites for hydroxylation is 1. The Kier molecular flexibility index (Phi) is 4.86. The first kappa shape index (κ1) is 15.5. The molecule has 0 spiro atoms. The van der Waals surface area contributed by atoms with Crippen molar-refractivity contribution in [2.24, 2.45) is 17.6 Å². The van der Waals surface area contributed by atoms with Crippen LogP contribution < -0.4 is 5.73 Å². The summed E-state index contributed by atoms with van der Waals surface area (Å²) < 4.78 is 25.5. The molecule has 0 amide bonds. The van der Waals surface area contributed by atoms with Gasteiger partial charge in [-0.05, 0) is 43.7 Å². The van der Waals surface area contributed by atoms with Gasteiger partial charge >= 0.3 is 0 Å². The molecule has 0 radical (unpaired) electrons. The largest absolute Gasteiger partial charge is 0.330 e. The van der Waals surface area contributed by atoms with Crippen LogP contribution in [0.1, 0.15) is 37.3 Å². The zero-order valence-electron chi connectivity index (χ0n) is 12.4. The fraction of sp³-hybridized carbons (Fsp3) is 0.625. The Balaban J connectivity index is 2.20. The van der Waals surface area contributed by atoms with Crippen LogP contribution in [-0.4, -0.2) is 20.2 Å². The van der Waals surface area contributed by atoms with E-state index >= 15 is 0 Å². The van der Waals surface area contributed by atoms with Gasteiger partial charge < -0.3 is 5.73 Å². The molecule has 2 rings (SSSR count). The predicted molar refractivity (Wildman–Crippen MR) is 83.2 cm³/mol. The van der Waals surface area contributed by atoms with E-state index in [1.165, 1.54) is 0 Å². The molecule has 0 bridgehead atoms. The van der Waals surface area contributed by atoms with Crippen LogP contribution in [0.2, 0.25) is 0 Å². The molecule has 0 aliphatic heterocycles. The van der Waals surface area contributed by atoms with E-state index in [0.717, 1.165) is 30.4 Å². The average Bonchev–Trinajstić information content (AvgIpc) is 2.38. The molecule has 3 nitrogen and oxygen atoms in total. The van der Waals surface area contributed by atoms with E-state index in [1.807, 2.05) is 31.2 Å². The van der Waals surface area contributed by atoms with Crippen molar-refractivity contribution in [1.29, 1.82) is 0 Å². The number of nitrogens with two attached hydrogens (primary N) is 1. The van der Waals surface area contributed by atoms with Crippen LogP contribution in [0, 0.1) is 18.8 Å². The van der Waals surface area contributed by atoms with Crippen LogP contribution in [-0.2, 0) is 15.6 Å². The second-order valence-corrected chi connectivity index (χ2v) is 8.47. The third-order valence-electron chi connectivity index (χ3n) is 4.41. The first-order valence-corrected chi connectivity index (χ1v) is 9.11. The van der Waals surface area contributed by atoms with Gasteiger partial charge in [0.05, 0.1) is 11.0 Å². The van der Waals surface area contributed by atoms with Gasteiger partial charge in [0.25, 0.3) is 0 Å². The van der Waals surface area contributed by atoms with Crippen molar-refractivity contribution in [3.05, 3.63) is 35.4 Å². The van der Waals surface area contributed by atoms with Crippen LogP contribution in [0.3, 0.4) is 0 Å². The predicted octanol–water partition coefficient (Wildman–Crippen LogP) is 2.67. The molecule has 20 heavy (non-hydrogen) atoms. The van der Waals surface area contributed by atoms with Crippen molar-refractivity contribution in [2.75, 3.05) is 6.54 Å². The van der Waals surface area contributed by atoms with E-state index in [0.29, 0.717) is 12.5 Å². The van der Waals surface area contributed by atoms with Gasteiger partial charge in [-0.15, -0.1) is 0 Å². The molecule has 1 fully saturated rings. The van der Waals surface area contributed by atoms with E-state index in [2.05, 4.69) is 6.92 Å². The molecule has 1 aromatic rings. The highest BCUT2D eigenvalue weighted by Gasteiger charge is 2.36. The Morgan fingerprint density at radius 3 is 2.70 bits per heavy atom. The molecule has 1 aromatic carbocycles. The lowest BCUT2D eigenvalue weighted by atomic mass is 9.82. The number of benzene rings is 1. The summed E-state index contributed by atoms with van der Waals surface area (Å²) in [4.78, 5) is 0. The average molecular weight is 295 g/mol. The number of hydrogen-bond acceptors (Lipinski definition) is 3. The zero-order valence-corrected chi connectivity index (χ0v) is 13.2. The normalized spacial score (nSPS) is 27.4. The standard InChI is InChI=1S/C16H25NO2S/c1-12-4-3-5-14(8-12)11-20(18,19)16-9-13(2)6-7-15(16)10-17/h3-5,8,13,15-16H,6-7,9-11,17H2,1-2H3. The Hall–Kier alpha value is -0.870. The number of rotatable bonds is 4. The van der Waals surface area contributed by atoms with E-state index in [-0.39, 0.29) is 16.9 Å². The van der Waals surface area contributed by atoms with Crippen LogP contribution in [0.25, 0.3) is 0 Å². The molecule has 3 unspecified atom stereocenters. The summed E-state index contributed by atoms with van der Waals surface area (Å²) in [5.41, 5.74) is 7.78. The van der Waals surface area contributed by atoms with Gasteiger partial charge in [-0.3, -0.25) is 0 Å². The maximum Gasteiger partial charge on any atom is 0.157 e. The minimum atomic E-state index is -3.13. The molecular formula is C16H25NO2S. The Labute approximate surface area is 122 Å². The lowest BCUT2D eigenvalue weighted by Gasteiger charge is -2.33. The third-order valence-corrected chi connectivity index (χ3v) is 6.64. The van der Waals surface area contributed by atoms with Crippen LogP contribution >= 0.6 is 0 Å². The topological polar surface area (TPSA) is 60.2 Å². The Bertz CT molecular complexity index is 553. The molecular weight excluding hydrogens is 270 g/mol. The SMILES string of the molecule is Cc1cccc(CS(=O)(=O)C2CC(C)CCC2CN)c1. The molecule has 112 valence electrons. The maximum atomic E-state index is 12.7. The van der Waals surface area contributed by atoms with Crippen molar-refractivity contribution in [2.45, 2.75) is 44.1 Å². The molecule has 2 N–H and O–H groups in total. The maximum absolute atomic E-state index is 12.7. The van der Waals surface area contributed by atoms with Crippen LogP contribution in [0.4, 0.5) is 0 Å². The van der Waals surface area contributed by atoms with Gasteiger partial charge in [0.1, 0.15) is 0 Å². The highest BCUT2D eigenvalue weighted by atomic mass is 32.2. The quantitative estimate of drug-likeness (QED) is 0.929. The minimum Gasteiger partial charge on any atom is -0.330 e. The lowest BCUT2D eigenvalue weighted by molar-refractivity contribution is 0.296. The van der Waals surface area contributed by atoms with E-state index < -0.39 is 9.84 Å².